The summed E-state index contributed by atoms with van der Waals surface area (Å²) in [6.07, 6.45) is -0.555. The highest BCUT2D eigenvalue weighted by molar-refractivity contribution is 5.79. The van der Waals surface area contributed by atoms with Crippen molar-refractivity contribution in [3.05, 3.63) is 95.1 Å². The normalized spacial score (nSPS) is 16.1. The molecule has 0 spiro atoms. The molecule has 0 saturated carbocycles. The Bertz CT molecular complexity index is 1260. The van der Waals surface area contributed by atoms with Gasteiger partial charge in [-0.05, 0) is 71.2 Å². The smallest absolute Gasteiger partial charge is 0.407 e. The lowest BCUT2D eigenvalue weighted by Crippen LogP contribution is -2.47. The lowest BCUT2D eigenvalue weighted by Gasteiger charge is -2.35. The lowest BCUT2D eigenvalue weighted by molar-refractivity contribution is 0.108. The van der Waals surface area contributed by atoms with Crippen molar-refractivity contribution >= 4 is 12.2 Å². The van der Waals surface area contributed by atoms with Crippen molar-refractivity contribution in [2.75, 3.05) is 19.7 Å². The van der Waals surface area contributed by atoms with Crippen molar-refractivity contribution in [3.8, 4) is 11.1 Å². The molecule has 1 heterocycles. The van der Waals surface area contributed by atoms with E-state index in [4.69, 9.17) is 4.74 Å². The largest absolute Gasteiger partial charge is 0.465 e. The molecule has 2 aliphatic rings. The van der Waals surface area contributed by atoms with E-state index in [0.29, 0.717) is 25.9 Å². The molecular weight excluding hydrogens is 478 g/mol. The Kier molecular flexibility index (Phi) is 7.08. The summed E-state index contributed by atoms with van der Waals surface area (Å²) in [6.45, 7) is 0.765. The first kappa shape index (κ1) is 24.7. The van der Waals surface area contributed by atoms with Crippen molar-refractivity contribution in [3.63, 3.8) is 0 Å². The fraction of sp³-hybridized carbons (Fsp3) is 0.310. The quantitative estimate of drug-likeness (QED) is 0.443. The van der Waals surface area contributed by atoms with Crippen LogP contribution in [0.15, 0.2) is 66.7 Å². The Morgan fingerprint density at radius 2 is 1.59 bits per heavy atom. The molecule has 3 aromatic carbocycles. The summed E-state index contributed by atoms with van der Waals surface area (Å²) in [4.78, 5) is 25.6. The minimum Gasteiger partial charge on any atom is -0.465 e. The van der Waals surface area contributed by atoms with Gasteiger partial charge in [0.2, 0.25) is 0 Å². The zero-order valence-corrected chi connectivity index (χ0v) is 20.2. The van der Waals surface area contributed by atoms with Crippen molar-refractivity contribution in [2.45, 2.75) is 31.2 Å². The number of carboxylic acid groups (broad SMARTS) is 1. The molecule has 1 atom stereocenters. The predicted octanol–water partition coefficient (Wildman–Crippen LogP) is 5.80. The highest BCUT2D eigenvalue weighted by Gasteiger charge is 2.32. The molecule has 8 heteroatoms. The molecule has 6 nitrogen and oxygen atoms in total. The topological polar surface area (TPSA) is 78.9 Å². The van der Waals surface area contributed by atoms with E-state index in [1.807, 2.05) is 36.4 Å². The average molecular weight is 507 g/mol. The van der Waals surface area contributed by atoms with E-state index >= 15 is 0 Å². The molecule has 5 rings (SSSR count). The first-order valence-corrected chi connectivity index (χ1v) is 12.4. The number of ether oxygens (including phenoxy) is 1. The molecule has 1 saturated heterocycles. The number of nitrogens with zero attached hydrogens (tertiary/aromatic N) is 1. The van der Waals surface area contributed by atoms with Gasteiger partial charge in [-0.15, -0.1) is 0 Å². The van der Waals surface area contributed by atoms with Gasteiger partial charge in [0.25, 0.3) is 0 Å². The van der Waals surface area contributed by atoms with Gasteiger partial charge in [0.15, 0.2) is 0 Å². The van der Waals surface area contributed by atoms with Crippen LogP contribution in [0.5, 0.6) is 0 Å². The Hall–Kier alpha value is -3.94. The number of benzene rings is 3. The maximum atomic E-state index is 14.4. The molecule has 1 aliphatic carbocycles. The number of rotatable bonds is 6. The van der Waals surface area contributed by atoms with Crippen LogP contribution in [0, 0.1) is 17.6 Å². The molecule has 1 fully saturated rings. The first-order chi connectivity index (χ1) is 17.9. The predicted molar refractivity (Wildman–Crippen MR) is 134 cm³/mol. The number of piperidine rings is 1. The third-order valence-electron chi connectivity index (χ3n) is 7.47. The number of carbonyl (C=O) groups is 2. The Morgan fingerprint density at radius 3 is 2.22 bits per heavy atom. The molecule has 0 bridgehead atoms. The van der Waals surface area contributed by atoms with E-state index in [-0.39, 0.29) is 30.4 Å². The van der Waals surface area contributed by atoms with Gasteiger partial charge in [0, 0.05) is 25.0 Å². The number of likely N-dealkylation sites (tertiary alicyclic amines) is 1. The molecule has 1 unspecified atom stereocenters. The Labute approximate surface area is 213 Å². The molecule has 1 aliphatic heterocycles. The summed E-state index contributed by atoms with van der Waals surface area (Å²) in [5.74, 6) is -1.32. The monoisotopic (exact) mass is 506 g/mol. The van der Waals surface area contributed by atoms with Gasteiger partial charge < -0.3 is 20.1 Å². The highest BCUT2D eigenvalue weighted by atomic mass is 19.1. The van der Waals surface area contributed by atoms with Crippen LogP contribution in [0.4, 0.5) is 18.4 Å². The van der Waals surface area contributed by atoms with E-state index in [2.05, 4.69) is 17.4 Å². The minimum atomic E-state index is -0.990. The number of fused-ring (bicyclic) bond motifs is 3. The number of hydrogen-bond acceptors (Lipinski definition) is 3. The summed E-state index contributed by atoms with van der Waals surface area (Å²) >= 11 is 0. The maximum absolute atomic E-state index is 14.4. The Balaban J connectivity index is 1.30. The molecule has 2 amide bonds. The number of alkyl carbamates (subject to hydrolysis) is 1. The molecule has 3 aromatic rings. The van der Waals surface area contributed by atoms with Crippen LogP contribution in [0.25, 0.3) is 11.1 Å². The number of carbonyl (C=O) groups excluding carboxylic acids is 1. The third kappa shape index (κ3) is 5.28. The van der Waals surface area contributed by atoms with Crippen LogP contribution in [0.1, 0.15) is 35.4 Å². The van der Waals surface area contributed by atoms with Crippen LogP contribution in [-0.4, -0.2) is 47.9 Å². The number of halogens is 2. The summed E-state index contributed by atoms with van der Waals surface area (Å²) in [7, 11) is 0. The number of amides is 2. The highest BCUT2D eigenvalue weighted by Crippen LogP contribution is 2.44. The van der Waals surface area contributed by atoms with Gasteiger partial charge in [-0.2, -0.15) is 0 Å². The maximum Gasteiger partial charge on any atom is 0.407 e. The van der Waals surface area contributed by atoms with Gasteiger partial charge in [-0.25, -0.2) is 18.4 Å². The zero-order valence-electron chi connectivity index (χ0n) is 20.2. The summed E-state index contributed by atoms with van der Waals surface area (Å²) in [6, 6.07) is 18.8. The van der Waals surface area contributed by atoms with Crippen LogP contribution >= 0.6 is 0 Å². The second kappa shape index (κ2) is 10.6. The second-order valence-corrected chi connectivity index (χ2v) is 9.62. The van der Waals surface area contributed by atoms with Crippen LogP contribution in [-0.2, 0) is 11.2 Å². The summed E-state index contributed by atoms with van der Waals surface area (Å²) in [5, 5.41) is 12.2. The van der Waals surface area contributed by atoms with Gasteiger partial charge in [0.1, 0.15) is 18.2 Å². The SMILES string of the molecule is O=C(NC(Cc1cc(F)ccc1F)C1CCN(C(=O)O)CC1)OCC1c2ccccc2-c2ccccc21. The van der Waals surface area contributed by atoms with E-state index in [9.17, 15) is 23.5 Å². The van der Waals surface area contributed by atoms with Crippen molar-refractivity contribution < 1.29 is 28.2 Å². The fourth-order valence-electron chi connectivity index (χ4n) is 5.56. The van der Waals surface area contributed by atoms with Crippen molar-refractivity contribution in [1.82, 2.24) is 10.2 Å². The zero-order chi connectivity index (χ0) is 25.9. The van der Waals surface area contributed by atoms with E-state index in [0.717, 1.165) is 40.5 Å². The number of nitrogens with one attached hydrogen (secondary N) is 1. The fourth-order valence-corrected chi connectivity index (χ4v) is 5.56. The van der Waals surface area contributed by atoms with Gasteiger partial charge >= 0.3 is 12.2 Å². The third-order valence-corrected chi connectivity index (χ3v) is 7.47. The second-order valence-electron chi connectivity index (χ2n) is 9.62. The number of hydrogen-bond donors (Lipinski definition) is 2. The molecule has 0 aromatic heterocycles. The molecule has 0 radical (unpaired) electrons. The van der Waals surface area contributed by atoms with E-state index in [1.165, 1.54) is 4.90 Å². The van der Waals surface area contributed by atoms with Crippen LogP contribution in [0.3, 0.4) is 0 Å². The van der Waals surface area contributed by atoms with E-state index < -0.39 is 29.9 Å². The Morgan fingerprint density at radius 1 is 0.973 bits per heavy atom. The van der Waals surface area contributed by atoms with Crippen LogP contribution < -0.4 is 5.32 Å². The molecule has 2 N–H and O–H groups in total. The van der Waals surface area contributed by atoms with Crippen molar-refractivity contribution in [1.29, 1.82) is 0 Å². The van der Waals surface area contributed by atoms with E-state index in [1.54, 1.807) is 0 Å². The molecular formula is C29H28F2N2O4. The van der Waals surface area contributed by atoms with Gasteiger partial charge in [-0.3, -0.25) is 0 Å². The van der Waals surface area contributed by atoms with Gasteiger partial charge in [-0.1, -0.05) is 48.5 Å². The van der Waals surface area contributed by atoms with Crippen molar-refractivity contribution in [2.24, 2.45) is 5.92 Å². The molecule has 37 heavy (non-hydrogen) atoms. The minimum absolute atomic E-state index is 0.0749. The standard InChI is InChI=1S/C29H28F2N2O4/c30-20-9-10-26(31)19(15-20)16-27(18-11-13-33(14-12-18)29(35)36)32-28(34)37-17-25-23-7-3-1-5-21(23)22-6-2-4-8-24(22)25/h1-10,15,18,25,27H,11-14,16-17H2,(H,32,34)(H,35,36). The first-order valence-electron chi connectivity index (χ1n) is 12.4. The lowest BCUT2D eigenvalue weighted by atomic mass is 9.86. The molecule has 192 valence electrons. The summed E-state index contributed by atoms with van der Waals surface area (Å²) < 4.78 is 34.0. The summed E-state index contributed by atoms with van der Waals surface area (Å²) in [5.41, 5.74) is 4.59. The van der Waals surface area contributed by atoms with Crippen LogP contribution in [0.2, 0.25) is 0 Å². The van der Waals surface area contributed by atoms with Gasteiger partial charge in [0.05, 0.1) is 0 Å². The average Bonchev–Trinajstić information content (AvgIpc) is 3.23.